The fraction of sp³-hybridized carbons (Fsp3) is 0.700. The first-order valence-electron chi connectivity index (χ1n) is 5.21. The van der Waals surface area contributed by atoms with Gasteiger partial charge in [-0.15, -0.1) is 0 Å². The van der Waals surface area contributed by atoms with Crippen LogP contribution in [0.3, 0.4) is 0 Å². The lowest BCUT2D eigenvalue weighted by Gasteiger charge is -2.24. The van der Waals surface area contributed by atoms with Crippen LogP contribution < -0.4 is 0 Å². The summed E-state index contributed by atoms with van der Waals surface area (Å²) in [6.07, 6.45) is 3.77. The van der Waals surface area contributed by atoms with E-state index in [2.05, 4.69) is 25.4 Å². The molecule has 0 spiro atoms. The minimum atomic E-state index is -1.43. The quantitative estimate of drug-likeness (QED) is 0.701. The summed E-state index contributed by atoms with van der Waals surface area (Å²) < 4.78 is 8.02. The SMILES string of the molecule is CC[Si](C)(CC)OCc1nccn1C. The van der Waals surface area contributed by atoms with Crippen molar-refractivity contribution in [2.24, 2.45) is 7.05 Å². The molecule has 0 N–H and O–H groups in total. The number of imidazole rings is 1. The van der Waals surface area contributed by atoms with Crippen LogP contribution in [0, 0.1) is 0 Å². The molecule has 1 aromatic rings. The topological polar surface area (TPSA) is 27.1 Å². The molecule has 0 unspecified atom stereocenters. The van der Waals surface area contributed by atoms with Gasteiger partial charge in [-0.25, -0.2) is 4.98 Å². The van der Waals surface area contributed by atoms with E-state index >= 15 is 0 Å². The Labute approximate surface area is 87.2 Å². The van der Waals surface area contributed by atoms with Crippen molar-refractivity contribution < 1.29 is 4.43 Å². The summed E-state index contributed by atoms with van der Waals surface area (Å²) in [5, 5.41) is 0. The smallest absolute Gasteiger partial charge is 0.189 e. The minimum Gasteiger partial charge on any atom is -0.410 e. The summed E-state index contributed by atoms with van der Waals surface area (Å²) in [5.41, 5.74) is 0. The highest BCUT2D eigenvalue weighted by Gasteiger charge is 2.24. The standard InChI is InChI=1S/C10H20N2OSi/c1-5-14(4,6-2)13-9-10-11-7-8-12(10)3/h7-8H,5-6,9H2,1-4H3. The van der Waals surface area contributed by atoms with Crippen LogP contribution in [-0.2, 0) is 18.1 Å². The Morgan fingerprint density at radius 1 is 1.43 bits per heavy atom. The molecule has 1 aromatic heterocycles. The lowest BCUT2D eigenvalue weighted by Crippen LogP contribution is -2.32. The maximum Gasteiger partial charge on any atom is 0.189 e. The molecule has 0 radical (unpaired) electrons. The number of rotatable bonds is 5. The van der Waals surface area contributed by atoms with Crippen LogP contribution in [0.25, 0.3) is 0 Å². The molecule has 0 fully saturated rings. The summed E-state index contributed by atoms with van der Waals surface area (Å²) in [4.78, 5) is 4.25. The Balaban J connectivity index is 2.52. The summed E-state index contributed by atoms with van der Waals surface area (Å²) in [6, 6.07) is 2.35. The van der Waals surface area contributed by atoms with E-state index in [4.69, 9.17) is 4.43 Å². The van der Waals surface area contributed by atoms with Crippen molar-refractivity contribution >= 4 is 8.32 Å². The molecular formula is C10H20N2OSi. The third-order valence-corrected chi connectivity index (χ3v) is 6.80. The van der Waals surface area contributed by atoms with Crippen LogP contribution in [0.4, 0.5) is 0 Å². The van der Waals surface area contributed by atoms with Crippen molar-refractivity contribution in [1.29, 1.82) is 0 Å². The fourth-order valence-electron chi connectivity index (χ4n) is 1.23. The van der Waals surface area contributed by atoms with Crippen LogP contribution >= 0.6 is 0 Å². The first-order chi connectivity index (χ1) is 6.61. The van der Waals surface area contributed by atoms with E-state index in [9.17, 15) is 0 Å². The Kier molecular flexibility index (Phi) is 3.89. The van der Waals surface area contributed by atoms with Crippen molar-refractivity contribution in [3.63, 3.8) is 0 Å². The second-order valence-electron chi connectivity index (χ2n) is 3.90. The molecule has 0 saturated carbocycles. The zero-order valence-electron chi connectivity index (χ0n) is 9.58. The van der Waals surface area contributed by atoms with Gasteiger partial charge in [-0.2, -0.15) is 0 Å². The molecule has 0 aromatic carbocycles. The van der Waals surface area contributed by atoms with E-state index in [0.717, 1.165) is 5.82 Å². The van der Waals surface area contributed by atoms with Gasteiger partial charge in [0.05, 0.1) is 6.61 Å². The molecule has 1 heterocycles. The number of hydrogen-bond acceptors (Lipinski definition) is 2. The van der Waals surface area contributed by atoms with Gasteiger partial charge < -0.3 is 8.99 Å². The second kappa shape index (κ2) is 4.75. The molecule has 0 atom stereocenters. The molecule has 14 heavy (non-hydrogen) atoms. The predicted molar refractivity (Wildman–Crippen MR) is 60.6 cm³/mol. The first-order valence-corrected chi connectivity index (χ1v) is 8.03. The number of aromatic nitrogens is 2. The van der Waals surface area contributed by atoms with Gasteiger partial charge in [0.1, 0.15) is 5.82 Å². The maximum atomic E-state index is 6.01. The van der Waals surface area contributed by atoms with Gasteiger partial charge >= 0.3 is 0 Å². The largest absolute Gasteiger partial charge is 0.410 e. The average molecular weight is 212 g/mol. The molecular weight excluding hydrogens is 192 g/mol. The van der Waals surface area contributed by atoms with E-state index in [1.807, 2.05) is 24.0 Å². The Morgan fingerprint density at radius 2 is 2.07 bits per heavy atom. The van der Waals surface area contributed by atoms with Crippen molar-refractivity contribution in [3.8, 4) is 0 Å². The molecule has 0 aliphatic rings. The van der Waals surface area contributed by atoms with Crippen molar-refractivity contribution in [3.05, 3.63) is 18.2 Å². The van der Waals surface area contributed by atoms with Crippen molar-refractivity contribution in [1.82, 2.24) is 9.55 Å². The lowest BCUT2D eigenvalue weighted by atomic mass is 10.6. The van der Waals surface area contributed by atoms with Gasteiger partial charge in [0.25, 0.3) is 0 Å². The maximum absolute atomic E-state index is 6.01. The van der Waals surface area contributed by atoms with Crippen LogP contribution in [0.15, 0.2) is 12.4 Å². The summed E-state index contributed by atoms with van der Waals surface area (Å²) >= 11 is 0. The zero-order chi connectivity index (χ0) is 10.6. The first kappa shape index (κ1) is 11.5. The molecule has 80 valence electrons. The number of hydrogen-bond donors (Lipinski definition) is 0. The van der Waals surface area contributed by atoms with Gasteiger partial charge in [0.15, 0.2) is 8.32 Å². The van der Waals surface area contributed by atoms with Gasteiger partial charge in [-0.05, 0) is 18.6 Å². The second-order valence-corrected chi connectivity index (χ2v) is 8.50. The molecule has 0 aliphatic heterocycles. The molecule has 1 rings (SSSR count). The highest BCUT2D eigenvalue weighted by molar-refractivity contribution is 6.72. The van der Waals surface area contributed by atoms with E-state index in [1.54, 1.807) is 0 Å². The normalized spacial score (nSPS) is 12.0. The zero-order valence-corrected chi connectivity index (χ0v) is 10.6. The van der Waals surface area contributed by atoms with Crippen molar-refractivity contribution in [2.45, 2.75) is 39.1 Å². The number of aryl methyl sites for hydroxylation is 1. The summed E-state index contributed by atoms with van der Waals surface area (Å²) in [7, 11) is 0.573. The van der Waals surface area contributed by atoms with Gasteiger partial charge in [-0.3, -0.25) is 0 Å². The van der Waals surface area contributed by atoms with E-state index in [1.165, 1.54) is 12.1 Å². The van der Waals surface area contributed by atoms with E-state index in [-0.39, 0.29) is 0 Å². The molecule has 4 heteroatoms. The van der Waals surface area contributed by atoms with E-state index in [0.29, 0.717) is 6.61 Å². The molecule has 0 aliphatic carbocycles. The van der Waals surface area contributed by atoms with Crippen molar-refractivity contribution in [2.75, 3.05) is 0 Å². The summed E-state index contributed by atoms with van der Waals surface area (Å²) in [6.45, 7) is 7.38. The van der Waals surface area contributed by atoms with Crippen LogP contribution in [0.2, 0.25) is 18.6 Å². The van der Waals surface area contributed by atoms with Gasteiger partial charge in [0.2, 0.25) is 0 Å². The highest BCUT2D eigenvalue weighted by Crippen LogP contribution is 2.17. The average Bonchev–Trinajstić information content (AvgIpc) is 2.61. The van der Waals surface area contributed by atoms with Crippen LogP contribution in [0.1, 0.15) is 19.7 Å². The predicted octanol–water partition coefficient (Wildman–Crippen LogP) is 2.55. The van der Waals surface area contributed by atoms with E-state index < -0.39 is 8.32 Å². The van der Waals surface area contributed by atoms with Crippen LogP contribution in [0.5, 0.6) is 0 Å². The molecule has 0 saturated heterocycles. The third kappa shape index (κ3) is 2.69. The van der Waals surface area contributed by atoms with Gasteiger partial charge in [0, 0.05) is 19.4 Å². The minimum absolute atomic E-state index is 0.661. The molecule has 3 nitrogen and oxygen atoms in total. The monoisotopic (exact) mass is 212 g/mol. The Bertz CT molecular complexity index is 281. The molecule has 0 amide bonds. The summed E-state index contributed by atoms with van der Waals surface area (Å²) in [5.74, 6) is 1.02. The van der Waals surface area contributed by atoms with Crippen LogP contribution in [-0.4, -0.2) is 17.9 Å². The number of nitrogens with zero attached hydrogens (tertiary/aromatic N) is 2. The highest BCUT2D eigenvalue weighted by atomic mass is 28.4. The fourth-order valence-corrected chi connectivity index (χ4v) is 2.61. The lowest BCUT2D eigenvalue weighted by molar-refractivity contribution is 0.277. The Morgan fingerprint density at radius 3 is 2.50 bits per heavy atom. The third-order valence-electron chi connectivity index (χ3n) is 2.97. The van der Waals surface area contributed by atoms with Gasteiger partial charge in [-0.1, -0.05) is 13.8 Å². The Hall–Kier alpha value is -0.613. The molecule has 0 bridgehead atoms.